The van der Waals surface area contributed by atoms with Crippen molar-refractivity contribution in [2.24, 2.45) is 11.7 Å². The average molecular weight is 234 g/mol. The zero-order valence-electron chi connectivity index (χ0n) is 10.7. The lowest BCUT2D eigenvalue weighted by Gasteiger charge is -2.15. The van der Waals surface area contributed by atoms with E-state index in [1.54, 1.807) is 0 Å². The number of nitrogens with two attached hydrogens (primary N) is 1. The van der Waals surface area contributed by atoms with Gasteiger partial charge >= 0.3 is 0 Å². The van der Waals surface area contributed by atoms with Gasteiger partial charge in [0.25, 0.3) is 0 Å². The minimum Gasteiger partial charge on any atom is -0.330 e. The highest BCUT2D eigenvalue weighted by molar-refractivity contribution is 5.93. The van der Waals surface area contributed by atoms with Crippen LogP contribution in [-0.2, 0) is 4.79 Å². The molecule has 3 nitrogen and oxygen atoms in total. The number of carbonyl (C=O) groups excluding carboxylic acids is 1. The molecule has 1 aromatic rings. The molecule has 1 atom stereocenters. The third-order valence-electron chi connectivity index (χ3n) is 3.02. The van der Waals surface area contributed by atoms with E-state index in [2.05, 4.69) is 5.32 Å². The van der Waals surface area contributed by atoms with Gasteiger partial charge < -0.3 is 11.1 Å². The van der Waals surface area contributed by atoms with Gasteiger partial charge in [-0.1, -0.05) is 25.1 Å². The van der Waals surface area contributed by atoms with E-state index >= 15 is 0 Å². The predicted octanol–water partition coefficient (Wildman–Crippen LogP) is 2.70. The van der Waals surface area contributed by atoms with Crippen molar-refractivity contribution >= 4 is 11.6 Å². The molecule has 0 spiro atoms. The number of aryl methyl sites for hydroxylation is 1. The summed E-state index contributed by atoms with van der Waals surface area (Å²) in [5.41, 5.74) is 7.48. The lowest BCUT2D eigenvalue weighted by molar-refractivity contribution is -0.120. The van der Waals surface area contributed by atoms with Gasteiger partial charge in [-0.25, -0.2) is 0 Å². The lowest BCUT2D eigenvalue weighted by Crippen LogP contribution is -2.23. The van der Waals surface area contributed by atoms with Crippen molar-refractivity contribution in [3.8, 4) is 0 Å². The molecular formula is C14H22N2O. The molecule has 1 amide bonds. The normalized spacial score (nSPS) is 12.2. The molecule has 0 saturated heterocycles. The maximum atomic E-state index is 12.0. The number of nitrogens with one attached hydrogen (secondary N) is 1. The van der Waals surface area contributed by atoms with Crippen LogP contribution in [0.1, 0.15) is 31.7 Å². The number of rotatable bonds is 6. The Morgan fingerprint density at radius 1 is 1.41 bits per heavy atom. The molecule has 3 N–H and O–H groups in total. The first-order valence-electron chi connectivity index (χ1n) is 6.25. The number of carbonyl (C=O) groups is 1. The molecule has 94 valence electrons. The Morgan fingerprint density at radius 2 is 2.12 bits per heavy atom. The molecule has 3 heteroatoms. The van der Waals surface area contributed by atoms with Gasteiger partial charge in [-0.15, -0.1) is 0 Å². The quantitative estimate of drug-likeness (QED) is 0.795. The number of anilines is 1. The molecule has 0 aliphatic heterocycles. The first-order valence-corrected chi connectivity index (χ1v) is 6.25. The average Bonchev–Trinajstić information content (AvgIpc) is 2.33. The minimum atomic E-state index is 0.0677. The fraction of sp³-hybridized carbons (Fsp3) is 0.500. The third-order valence-corrected chi connectivity index (χ3v) is 3.02. The number of amides is 1. The van der Waals surface area contributed by atoms with Crippen LogP contribution in [-0.4, -0.2) is 12.5 Å². The standard InChI is InChI=1S/C14H22N2O/c1-3-12(8-6-10-15)14(17)16-13-9-5-4-7-11(13)2/h4-5,7,9,12H,3,6,8,10,15H2,1-2H3,(H,16,17). The molecule has 1 rings (SSSR count). The van der Waals surface area contributed by atoms with E-state index in [1.165, 1.54) is 0 Å². The first kappa shape index (κ1) is 13.7. The SMILES string of the molecule is CCC(CCCN)C(=O)Nc1ccccc1C. The van der Waals surface area contributed by atoms with Crippen LogP contribution in [0.3, 0.4) is 0 Å². The summed E-state index contributed by atoms with van der Waals surface area (Å²) in [6, 6.07) is 7.83. The predicted molar refractivity (Wildman–Crippen MR) is 71.9 cm³/mol. The molecule has 0 radical (unpaired) electrons. The molecule has 0 heterocycles. The highest BCUT2D eigenvalue weighted by Gasteiger charge is 2.16. The van der Waals surface area contributed by atoms with Crippen LogP contribution in [0.5, 0.6) is 0 Å². The Hall–Kier alpha value is -1.35. The monoisotopic (exact) mass is 234 g/mol. The fourth-order valence-corrected chi connectivity index (χ4v) is 1.83. The Bertz CT molecular complexity index is 363. The molecule has 0 aromatic heterocycles. The largest absolute Gasteiger partial charge is 0.330 e. The van der Waals surface area contributed by atoms with Crippen molar-refractivity contribution in [2.75, 3.05) is 11.9 Å². The Morgan fingerprint density at radius 3 is 2.71 bits per heavy atom. The molecule has 0 saturated carbocycles. The molecular weight excluding hydrogens is 212 g/mol. The summed E-state index contributed by atoms with van der Waals surface area (Å²) >= 11 is 0. The number of hydrogen-bond donors (Lipinski definition) is 2. The van der Waals surface area contributed by atoms with Gasteiger partial charge in [0.1, 0.15) is 0 Å². The van der Waals surface area contributed by atoms with Crippen molar-refractivity contribution in [2.45, 2.75) is 33.1 Å². The summed E-state index contributed by atoms with van der Waals surface area (Å²) in [5, 5.41) is 2.99. The summed E-state index contributed by atoms with van der Waals surface area (Å²) in [5.74, 6) is 0.174. The smallest absolute Gasteiger partial charge is 0.227 e. The molecule has 0 aliphatic rings. The van der Waals surface area contributed by atoms with Gasteiger partial charge in [-0.2, -0.15) is 0 Å². The zero-order chi connectivity index (χ0) is 12.7. The number of hydrogen-bond acceptors (Lipinski definition) is 2. The topological polar surface area (TPSA) is 55.1 Å². The third kappa shape index (κ3) is 4.19. The van der Waals surface area contributed by atoms with Crippen molar-refractivity contribution in [3.05, 3.63) is 29.8 Å². The van der Waals surface area contributed by atoms with E-state index in [1.807, 2.05) is 38.1 Å². The van der Waals surface area contributed by atoms with Crippen LogP contribution in [0.25, 0.3) is 0 Å². The summed E-state index contributed by atoms with van der Waals surface area (Å²) in [4.78, 5) is 12.0. The van der Waals surface area contributed by atoms with Crippen LogP contribution in [0.2, 0.25) is 0 Å². The maximum Gasteiger partial charge on any atom is 0.227 e. The van der Waals surface area contributed by atoms with E-state index < -0.39 is 0 Å². The zero-order valence-corrected chi connectivity index (χ0v) is 10.7. The van der Waals surface area contributed by atoms with Crippen LogP contribution < -0.4 is 11.1 Å². The van der Waals surface area contributed by atoms with Crippen molar-refractivity contribution < 1.29 is 4.79 Å². The van der Waals surface area contributed by atoms with Crippen LogP contribution in [0.15, 0.2) is 24.3 Å². The van der Waals surface area contributed by atoms with Gasteiger partial charge in [0.2, 0.25) is 5.91 Å². The van der Waals surface area contributed by atoms with Gasteiger partial charge in [0.05, 0.1) is 0 Å². The first-order chi connectivity index (χ1) is 8.19. The lowest BCUT2D eigenvalue weighted by atomic mass is 9.99. The second-order valence-electron chi connectivity index (χ2n) is 4.34. The van der Waals surface area contributed by atoms with E-state index in [4.69, 9.17) is 5.73 Å². The molecule has 0 aliphatic carbocycles. The van der Waals surface area contributed by atoms with Crippen LogP contribution >= 0.6 is 0 Å². The van der Waals surface area contributed by atoms with Crippen molar-refractivity contribution in [3.63, 3.8) is 0 Å². The maximum absolute atomic E-state index is 12.0. The molecule has 0 fully saturated rings. The molecule has 1 unspecified atom stereocenters. The summed E-state index contributed by atoms with van der Waals surface area (Å²) in [7, 11) is 0. The van der Waals surface area contributed by atoms with Crippen LogP contribution in [0.4, 0.5) is 5.69 Å². The highest BCUT2D eigenvalue weighted by atomic mass is 16.1. The summed E-state index contributed by atoms with van der Waals surface area (Å²) in [6.45, 7) is 4.68. The van der Waals surface area contributed by atoms with Gasteiger partial charge in [0.15, 0.2) is 0 Å². The molecule has 0 bridgehead atoms. The summed E-state index contributed by atoms with van der Waals surface area (Å²) in [6.07, 6.45) is 2.63. The van der Waals surface area contributed by atoms with Gasteiger partial charge in [0, 0.05) is 11.6 Å². The minimum absolute atomic E-state index is 0.0677. The molecule has 17 heavy (non-hydrogen) atoms. The van der Waals surface area contributed by atoms with Crippen molar-refractivity contribution in [1.82, 2.24) is 0 Å². The second-order valence-corrected chi connectivity index (χ2v) is 4.34. The van der Waals surface area contributed by atoms with Gasteiger partial charge in [-0.05, 0) is 44.4 Å². The van der Waals surface area contributed by atoms with E-state index in [9.17, 15) is 4.79 Å². The van der Waals surface area contributed by atoms with E-state index in [-0.39, 0.29) is 11.8 Å². The Balaban J connectivity index is 2.61. The van der Waals surface area contributed by atoms with Crippen LogP contribution in [0, 0.1) is 12.8 Å². The Kier molecular flexibility index (Phi) is 5.70. The number of para-hydroxylation sites is 1. The van der Waals surface area contributed by atoms with Crippen molar-refractivity contribution in [1.29, 1.82) is 0 Å². The molecule has 1 aromatic carbocycles. The summed E-state index contributed by atoms with van der Waals surface area (Å²) < 4.78 is 0. The van der Waals surface area contributed by atoms with E-state index in [0.29, 0.717) is 6.54 Å². The Labute approximate surface area is 103 Å². The second kappa shape index (κ2) is 7.07. The highest BCUT2D eigenvalue weighted by Crippen LogP contribution is 2.17. The van der Waals surface area contributed by atoms with Gasteiger partial charge in [-0.3, -0.25) is 4.79 Å². The number of benzene rings is 1. The fourth-order valence-electron chi connectivity index (χ4n) is 1.83. The van der Waals surface area contributed by atoms with E-state index in [0.717, 1.165) is 30.5 Å².